The van der Waals surface area contributed by atoms with Crippen molar-refractivity contribution < 1.29 is 29.1 Å². The van der Waals surface area contributed by atoms with E-state index in [0.29, 0.717) is 0 Å². The van der Waals surface area contributed by atoms with Crippen LogP contribution in [-0.4, -0.2) is 0 Å². The van der Waals surface area contributed by atoms with Crippen LogP contribution in [-0.2, 0) is 24.7 Å². The first-order valence-electron chi connectivity index (χ1n) is 3.53. The van der Waals surface area contributed by atoms with Crippen molar-refractivity contribution >= 4 is 30.4 Å². The van der Waals surface area contributed by atoms with E-state index >= 15 is 0 Å². The molecule has 0 atom stereocenters. The number of rotatable bonds is 1. The van der Waals surface area contributed by atoms with Gasteiger partial charge in [0.15, 0.2) is 0 Å². The van der Waals surface area contributed by atoms with Crippen LogP contribution in [0.25, 0.3) is 5.57 Å². The van der Waals surface area contributed by atoms with Gasteiger partial charge in [-0.3, -0.25) is 0 Å². The maximum absolute atomic E-state index is 5.29. The van der Waals surface area contributed by atoms with Gasteiger partial charge in [-0.05, 0) is 0 Å². The molecule has 4 heteroatoms. The fraction of sp³-hybridized carbons (Fsp3) is 0.111. The maximum atomic E-state index is 5.29. The topological polar surface area (TPSA) is 13.1 Å². The van der Waals surface area contributed by atoms with Crippen LogP contribution in [0.2, 0.25) is 0 Å². The van der Waals surface area contributed by atoms with Crippen molar-refractivity contribution in [2.45, 2.75) is 6.42 Å². The number of hydrogen-bond donors (Lipinski definition) is 0. The van der Waals surface area contributed by atoms with E-state index in [4.69, 9.17) is 4.42 Å². The van der Waals surface area contributed by atoms with Crippen molar-refractivity contribution in [3.05, 3.63) is 39.6 Å². The number of hydrogen-bond acceptors (Lipinski definition) is 1. The van der Waals surface area contributed by atoms with Gasteiger partial charge in [-0.25, -0.2) is 0 Å². The molecule has 0 bridgehead atoms. The van der Waals surface area contributed by atoms with E-state index in [1.165, 1.54) is 33.6 Å². The summed E-state index contributed by atoms with van der Waals surface area (Å²) in [6.45, 7) is 0. The molecular formula is C9H9Cl2OZr. The zero-order valence-corrected chi connectivity index (χ0v) is 10.9. The molecule has 0 saturated carbocycles. The predicted octanol–water partition coefficient (Wildman–Crippen LogP) is 3.34. The van der Waals surface area contributed by atoms with Crippen LogP contribution in [0.15, 0.2) is 38.2 Å². The Labute approximate surface area is 105 Å². The van der Waals surface area contributed by atoms with E-state index < -0.39 is 0 Å². The third-order valence-corrected chi connectivity index (χ3v) is 2.88. The Bertz CT molecular complexity index is 314. The summed E-state index contributed by atoms with van der Waals surface area (Å²) >= 11 is 1.49. The van der Waals surface area contributed by atoms with Gasteiger partial charge in [0.05, 0.1) is 0 Å². The molecule has 1 heterocycles. The first kappa shape index (κ1) is 13.2. The fourth-order valence-electron chi connectivity index (χ4n) is 1.17. The molecule has 1 aliphatic carbocycles. The minimum absolute atomic E-state index is 0. The van der Waals surface area contributed by atoms with Crippen molar-refractivity contribution in [3.8, 4) is 0 Å². The molecular weight excluding hydrogens is 286 g/mol. The first-order chi connectivity index (χ1) is 5.38. The SMILES string of the molecule is Cl.Cl.[Zr][C]1=C(c2ccco2)C=CC1. The molecule has 0 aromatic carbocycles. The van der Waals surface area contributed by atoms with E-state index in [0.717, 1.165) is 12.2 Å². The van der Waals surface area contributed by atoms with Gasteiger partial charge in [-0.15, -0.1) is 24.8 Å². The van der Waals surface area contributed by atoms with Crippen LogP contribution in [0.4, 0.5) is 0 Å². The molecule has 2 rings (SSSR count). The van der Waals surface area contributed by atoms with E-state index in [9.17, 15) is 0 Å². The van der Waals surface area contributed by atoms with Crippen molar-refractivity contribution in [2.75, 3.05) is 0 Å². The second-order valence-electron chi connectivity index (χ2n) is 2.48. The normalized spacial score (nSPS) is 13.8. The molecule has 0 amide bonds. The van der Waals surface area contributed by atoms with Gasteiger partial charge < -0.3 is 0 Å². The number of halogens is 2. The summed E-state index contributed by atoms with van der Waals surface area (Å²) in [4.78, 5) is 0. The van der Waals surface area contributed by atoms with Crippen LogP contribution in [0, 0.1) is 0 Å². The molecule has 0 spiro atoms. The quantitative estimate of drug-likeness (QED) is 0.774. The molecule has 13 heavy (non-hydrogen) atoms. The van der Waals surface area contributed by atoms with Gasteiger partial charge in [0.2, 0.25) is 0 Å². The third kappa shape index (κ3) is 2.84. The number of allylic oxidation sites excluding steroid dienone is 4. The molecule has 1 aromatic heterocycles. The molecule has 0 fully saturated rings. The number of furan rings is 1. The van der Waals surface area contributed by atoms with Crippen LogP contribution >= 0.6 is 24.8 Å². The summed E-state index contributed by atoms with van der Waals surface area (Å²) in [5, 5.41) is 0. The molecule has 1 aromatic rings. The van der Waals surface area contributed by atoms with Gasteiger partial charge in [-0.2, -0.15) is 0 Å². The molecule has 69 valence electrons. The van der Waals surface area contributed by atoms with Gasteiger partial charge in [0.1, 0.15) is 0 Å². The summed E-state index contributed by atoms with van der Waals surface area (Å²) in [6, 6.07) is 3.94. The Hall–Kier alpha value is 0.223. The molecule has 0 aliphatic heterocycles. The molecule has 0 N–H and O–H groups in total. The van der Waals surface area contributed by atoms with Crippen LogP contribution in [0.1, 0.15) is 12.2 Å². The van der Waals surface area contributed by atoms with Gasteiger partial charge in [0, 0.05) is 0 Å². The Morgan fingerprint density at radius 2 is 2.08 bits per heavy atom. The first-order valence-corrected chi connectivity index (χ1v) is 4.76. The van der Waals surface area contributed by atoms with Crippen molar-refractivity contribution in [1.29, 1.82) is 0 Å². The Kier molecular flexibility index (Phi) is 5.95. The molecule has 0 saturated heterocycles. The Morgan fingerprint density at radius 3 is 2.54 bits per heavy atom. The molecule has 1 aliphatic rings. The molecule has 0 radical (unpaired) electrons. The van der Waals surface area contributed by atoms with Crippen LogP contribution in [0.3, 0.4) is 0 Å². The average molecular weight is 295 g/mol. The molecule has 1 nitrogen and oxygen atoms in total. The fourth-order valence-corrected chi connectivity index (χ4v) is 1.97. The summed E-state index contributed by atoms with van der Waals surface area (Å²) in [6.07, 6.45) is 7.15. The predicted molar refractivity (Wildman–Crippen MR) is 53.9 cm³/mol. The second kappa shape index (κ2) is 5.85. The van der Waals surface area contributed by atoms with E-state index in [2.05, 4.69) is 12.2 Å². The van der Waals surface area contributed by atoms with Crippen molar-refractivity contribution in [1.82, 2.24) is 0 Å². The average Bonchev–Trinajstić information content (AvgIpc) is 2.55. The van der Waals surface area contributed by atoms with Gasteiger partial charge in [-0.1, -0.05) is 0 Å². The Morgan fingerprint density at radius 1 is 1.31 bits per heavy atom. The summed E-state index contributed by atoms with van der Waals surface area (Å²) in [5.74, 6) is 1.01. The third-order valence-electron chi connectivity index (χ3n) is 1.72. The van der Waals surface area contributed by atoms with Crippen molar-refractivity contribution in [3.63, 3.8) is 0 Å². The minimum atomic E-state index is 0. The summed E-state index contributed by atoms with van der Waals surface area (Å²) < 4.78 is 6.77. The van der Waals surface area contributed by atoms with Crippen LogP contribution < -0.4 is 0 Å². The van der Waals surface area contributed by atoms with E-state index in [-0.39, 0.29) is 24.8 Å². The van der Waals surface area contributed by atoms with Crippen LogP contribution in [0.5, 0.6) is 0 Å². The zero-order chi connectivity index (χ0) is 7.68. The second-order valence-corrected chi connectivity index (χ2v) is 3.96. The van der Waals surface area contributed by atoms with Crippen molar-refractivity contribution in [2.24, 2.45) is 0 Å². The van der Waals surface area contributed by atoms with E-state index in [1.54, 1.807) is 6.26 Å². The monoisotopic (exact) mass is 293 g/mol. The summed E-state index contributed by atoms with van der Waals surface area (Å²) in [5.41, 5.74) is 1.29. The zero-order valence-electron chi connectivity index (χ0n) is 6.82. The van der Waals surface area contributed by atoms with Gasteiger partial charge >= 0.3 is 80.7 Å². The van der Waals surface area contributed by atoms with E-state index in [1.807, 2.05) is 12.1 Å². The van der Waals surface area contributed by atoms with Gasteiger partial charge in [0.25, 0.3) is 0 Å². The Balaban J connectivity index is 0.000000720. The molecule has 0 unspecified atom stereocenters. The standard InChI is InChI=1S/C9H7O.2ClH.Zr/c1-2-5-8(4-1)9-6-3-7-10-9;;;/h1,3-4,6-7H,2H2;2*1H;. The summed E-state index contributed by atoms with van der Waals surface area (Å²) in [7, 11) is 0.